The molecule has 0 saturated heterocycles. The first-order valence-electron chi connectivity index (χ1n) is 6.29. The molecule has 0 fully saturated rings. The van der Waals surface area contributed by atoms with Gasteiger partial charge >= 0.3 is 5.97 Å². The summed E-state index contributed by atoms with van der Waals surface area (Å²) in [5, 5.41) is 8.63. The Kier molecular flexibility index (Phi) is 7.54. The molecule has 0 aliphatic carbocycles. The Hall–Kier alpha value is -1.65. The predicted molar refractivity (Wildman–Crippen MR) is 72.9 cm³/mol. The van der Waals surface area contributed by atoms with E-state index in [2.05, 4.69) is 0 Å². The maximum absolute atomic E-state index is 10.5. The molecule has 0 aliphatic heterocycles. The van der Waals surface area contributed by atoms with E-state index in [1.54, 1.807) is 13.0 Å². The Balaban J connectivity index is 1.97. The summed E-state index contributed by atoms with van der Waals surface area (Å²) in [6, 6.07) is 9.96. The van der Waals surface area contributed by atoms with Gasteiger partial charge in [0.1, 0.15) is 0 Å². The van der Waals surface area contributed by atoms with E-state index in [9.17, 15) is 4.79 Å². The van der Waals surface area contributed by atoms with E-state index in [1.807, 2.05) is 30.3 Å². The van der Waals surface area contributed by atoms with Crippen LogP contribution in [0.2, 0.25) is 0 Å². The van der Waals surface area contributed by atoms with Crippen LogP contribution in [0.15, 0.2) is 42.0 Å². The highest BCUT2D eigenvalue weighted by Gasteiger charge is 1.97. The molecule has 1 aromatic rings. The molecule has 0 radical (unpaired) electrons. The van der Waals surface area contributed by atoms with Crippen molar-refractivity contribution in [3.05, 3.63) is 47.5 Å². The molecular formula is C15H20O4. The normalized spacial score (nSPS) is 11.5. The lowest BCUT2D eigenvalue weighted by atomic mass is 10.2. The van der Waals surface area contributed by atoms with Gasteiger partial charge < -0.3 is 14.6 Å². The summed E-state index contributed by atoms with van der Waals surface area (Å²) >= 11 is 0. The van der Waals surface area contributed by atoms with Crippen LogP contribution in [0.25, 0.3) is 0 Å². The number of hydrogen-bond donors (Lipinski definition) is 1. The number of hydrogen-bond acceptors (Lipinski definition) is 3. The summed E-state index contributed by atoms with van der Waals surface area (Å²) in [5.74, 6) is -0.883. The summed E-state index contributed by atoms with van der Waals surface area (Å²) in [5.41, 5.74) is 1.49. The molecule has 0 aliphatic rings. The van der Waals surface area contributed by atoms with Gasteiger partial charge in [0.2, 0.25) is 0 Å². The molecule has 19 heavy (non-hydrogen) atoms. The largest absolute Gasteiger partial charge is 0.478 e. The lowest BCUT2D eigenvalue weighted by Crippen LogP contribution is -2.05. The molecule has 104 valence electrons. The Morgan fingerprint density at radius 3 is 2.53 bits per heavy atom. The lowest BCUT2D eigenvalue weighted by molar-refractivity contribution is -0.132. The van der Waals surface area contributed by atoms with Gasteiger partial charge in [0.25, 0.3) is 0 Å². The first-order chi connectivity index (χ1) is 9.20. The third-order valence-corrected chi connectivity index (χ3v) is 2.53. The third-order valence-electron chi connectivity index (χ3n) is 2.53. The van der Waals surface area contributed by atoms with Crippen molar-refractivity contribution in [2.45, 2.75) is 20.0 Å². The average molecular weight is 264 g/mol. The topological polar surface area (TPSA) is 55.8 Å². The molecule has 0 heterocycles. The smallest absolute Gasteiger partial charge is 0.330 e. The van der Waals surface area contributed by atoms with Crippen LogP contribution >= 0.6 is 0 Å². The Morgan fingerprint density at radius 2 is 1.84 bits per heavy atom. The lowest BCUT2D eigenvalue weighted by Gasteiger charge is -2.05. The maximum Gasteiger partial charge on any atom is 0.330 e. The van der Waals surface area contributed by atoms with Crippen LogP contribution in [0.5, 0.6) is 0 Å². The molecule has 0 spiro atoms. The SMILES string of the molecule is C/C(=C\CCOCCOCc1ccccc1)C(=O)O. The van der Waals surface area contributed by atoms with Crippen molar-refractivity contribution >= 4 is 5.97 Å². The zero-order chi connectivity index (χ0) is 13.9. The second-order valence-electron chi connectivity index (χ2n) is 4.13. The summed E-state index contributed by atoms with van der Waals surface area (Å²) in [7, 11) is 0. The quantitative estimate of drug-likeness (QED) is 0.550. The second-order valence-corrected chi connectivity index (χ2v) is 4.13. The molecule has 0 atom stereocenters. The maximum atomic E-state index is 10.5. The highest BCUT2D eigenvalue weighted by molar-refractivity contribution is 5.85. The Bertz CT molecular complexity index is 398. The van der Waals surface area contributed by atoms with E-state index in [4.69, 9.17) is 14.6 Å². The number of carboxylic acids is 1. The molecule has 0 aromatic heterocycles. The van der Waals surface area contributed by atoms with Crippen LogP contribution in [0, 0.1) is 0 Å². The van der Waals surface area contributed by atoms with Crippen LogP contribution in [-0.2, 0) is 20.9 Å². The van der Waals surface area contributed by atoms with Crippen molar-refractivity contribution in [2.75, 3.05) is 19.8 Å². The number of ether oxygens (including phenoxy) is 2. The van der Waals surface area contributed by atoms with E-state index in [0.717, 1.165) is 5.56 Å². The summed E-state index contributed by atoms with van der Waals surface area (Å²) < 4.78 is 10.8. The highest BCUT2D eigenvalue weighted by atomic mass is 16.5. The van der Waals surface area contributed by atoms with E-state index in [0.29, 0.717) is 38.4 Å². The van der Waals surface area contributed by atoms with Gasteiger partial charge in [-0.3, -0.25) is 0 Å². The van der Waals surface area contributed by atoms with Gasteiger partial charge in [-0.1, -0.05) is 36.4 Å². The fourth-order valence-electron chi connectivity index (χ4n) is 1.43. The summed E-state index contributed by atoms with van der Waals surface area (Å²) in [6.45, 7) is 3.73. The zero-order valence-corrected chi connectivity index (χ0v) is 11.2. The predicted octanol–water partition coefficient (Wildman–Crippen LogP) is 2.64. The third kappa shape index (κ3) is 7.39. The monoisotopic (exact) mass is 264 g/mol. The molecule has 1 N–H and O–H groups in total. The van der Waals surface area contributed by atoms with Gasteiger partial charge in [-0.2, -0.15) is 0 Å². The Labute approximate surface area is 113 Å². The van der Waals surface area contributed by atoms with Crippen LogP contribution in [0.4, 0.5) is 0 Å². The van der Waals surface area contributed by atoms with Gasteiger partial charge in [0, 0.05) is 5.57 Å². The fourth-order valence-corrected chi connectivity index (χ4v) is 1.43. The van der Waals surface area contributed by atoms with Crippen molar-refractivity contribution in [3.8, 4) is 0 Å². The average Bonchev–Trinajstić information content (AvgIpc) is 2.42. The van der Waals surface area contributed by atoms with Gasteiger partial charge in [-0.25, -0.2) is 4.79 Å². The van der Waals surface area contributed by atoms with Gasteiger partial charge in [-0.15, -0.1) is 0 Å². The summed E-state index contributed by atoms with van der Waals surface area (Å²) in [4.78, 5) is 10.5. The number of aliphatic carboxylic acids is 1. The fraction of sp³-hybridized carbons (Fsp3) is 0.400. The van der Waals surface area contributed by atoms with Crippen molar-refractivity contribution in [2.24, 2.45) is 0 Å². The first-order valence-corrected chi connectivity index (χ1v) is 6.29. The molecule has 4 heteroatoms. The van der Waals surface area contributed by atoms with Crippen LogP contribution < -0.4 is 0 Å². The molecule has 0 unspecified atom stereocenters. The molecule has 0 saturated carbocycles. The molecule has 0 bridgehead atoms. The molecule has 0 amide bonds. The number of carbonyl (C=O) groups is 1. The number of carboxylic acid groups (broad SMARTS) is 1. The first kappa shape index (κ1) is 15.4. The van der Waals surface area contributed by atoms with E-state index < -0.39 is 5.97 Å². The number of rotatable bonds is 9. The molecule has 4 nitrogen and oxygen atoms in total. The molecule has 1 rings (SSSR count). The van der Waals surface area contributed by atoms with Crippen molar-refractivity contribution in [1.82, 2.24) is 0 Å². The van der Waals surface area contributed by atoms with Crippen LogP contribution in [0.3, 0.4) is 0 Å². The minimum absolute atomic E-state index is 0.351. The highest BCUT2D eigenvalue weighted by Crippen LogP contribution is 2.00. The zero-order valence-electron chi connectivity index (χ0n) is 11.2. The molecular weight excluding hydrogens is 244 g/mol. The van der Waals surface area contributed by atoms with Crippen LogP contribution in [-0.4, -0.2) is 30.9 Å². The minimum Gasteiger partial charge on any atom is -0.478 e. The second kappa shape index (κ2) is 9.30. The number of benzene rings is 1. The summed E-state index contributed by atoms with van der Waals surface area (Å²) in [6.07, 6.45) is 2.27. The van der Waals surface area contributed by atoms with Crippen molar-refractivity contribution in [1.29, 1.82) is 0 Å². The minimum atomic E-state index is -0.883. The van der Waals surface area contributed by atoms with Gasteiger partial charge in [0.15, 0.2) is 0 Å². The standard InChI is InChI=1S/C15H20O4/c1-13(15(16)17)6-5-9-18-10-11-19-12-14-7-3-2-4-8-14/h2-4,6-8H,5,9-12H2,1H3,(H,16,17)/b13-6+. The van der Waals surface area contributed by atoms with Crippen molar-refractivity contribution < 1.29 is 19.4 Å². The van der Waals surface area contributed by atoms with E-state index in [-0.39, 0.29) is 0 Å². The van der Waals surface area contributed by atoms with Gasteiger partial charge in [0.05, 0.1) is 26.4 Å². The van der Waals surface area contributed by atoms with Crippen molar-refractivity contribution in [3.63, 3.8) is 0 Å². The van der Waals surface area contributed by atoms with Crippen LogP contribution in [0.1, 0.15) is 18.9 Å². The van der Waals surface area contributed by atoms with E-state index >= 15 is 0 Å². The van der Waals surface area contributed by atoms with Gasteiger partial charge in [-0.05, 0) is 18.9 Å². The molecule has 1 aromatic carbocycles. The van der Waals surface area contributed by atoms with E-state index in [1.165, 1.54) is 0 Å². The Morgan fingerprint density at radius 1 is 1.16 bits per heavy atom.